The first-order valence-electron chi connectivity index (χ1n) is 6.70. The van der Waals surface area contributed by atoms with Crippen LogP contribution in [0.3, 0.4) is 0 Å². The molecule has 2 fully saturated rings. The van der Waals surface area contributed by atoms with Gasteiger partial charge in [-0.1, -0.05) is 19.3 Å². The predicted molar refractivity (Wildman–Crippen MR) is 64.8 cm³/mol. The van der Waals surface area contributed by atoms with Gasteiger partial charge in [-0.15, -0.1) is 0 Å². The van der Waals surface area contributed by atoms with Crippen molar-refractivity contribution in [2.24, 2.45) is 17.6 Å². The molecule has 2 saturated carbocycles. The second kappa shape index (κ2) is 5.31. The van der Waals surface area contributed by atoms with E-state index in [1.165, 1.54) is 51.5 Å². The van der Waals surface area contributed by atoms with Crippen LogP contribution in [0.4, 0.5) is 0 Å². The molecule has 0 aromatic heterocycles. The van der Waals surface area contributed by atoms with Crippen LogP contribution in [-0.2, 0) is 0 Å². The third-order valence-electron chi connectivity index (χ3n) is 4.32. The lowest BCUT2D eigenvalue weighted by Crippen LogP contribution is -2.42. The first-order valence-corrected chi connectivity index (χ1v) is 6.70. The van der Waals surface area contributed by atoms with Crippen LogP contribution in [0.2, 0.25) is 0 Å². The van der Waals surface area contributed by atoms with E-state index in [0.717, 1.165) is 18.4 Å². The molecule has 15 heavy (non-hydrogen) atoms. The van der Waals surface area contributed by atoms with Crippen molar-refractivity contribution in [3.05, 3.63) is 0 Å². The fourth-order valence-corrected chi connectivity index (χ4v) is 3.09. The zero-order valence-corrected chi connectivity index (χ0v) is 10.1. The van der Waals surface area contributed by atoms with Crippen LogP contribution in [-0.4, -0.2) is 31.1 Å². The summed E-state index contributed by atoms with van der Waals surface area (Å²) >= 11 is 0. The van der Waals surface area contributed by atoms with Crippen molar-refractivity contribution in [3.8, 4) is 0 Å². The van der Waals surface area contributed by atoms with E-state index in [4.69, 9.17) is 5.73 Å². The summed E-state index contributed by atoms with van der Waals surface area (Å²) in [5.74, 6) is 1.79. The minimum atomic E-state index is 0.428. The first kappa shape index (κ1) is 11.4. The summed E-state index contributed by atoms with van der Waals surface area (Å²) in [5.41, 5.74) is 6.27. The normalized spacial score (nSPS) is 25.8. The Morgan fingerprint density at radius 2 is 1.80 bits per heavy atom. The molecule has 2 N–H and O–H groups in total. The van der Waals surface area contributed by atoms with Gasteiger partial charge in [0.25, 0.3) is 0 Å². The standard InChI is InChI=1S/C13H26N2/c1-15(9-11-5-4-6-11)10-13(14)12-7-2-3-8-12/h11-13H,2-10,14H2,1H3. The van der Waals surface area contributed by atoms with Crippen LogP contribution >= 0.6 is 0 Å². The molecule has 1 atom stereocenters. The second-order valence-electron chi connectivity index (χ2n) is 5.73. The average molecular weight is 210 g/mol. The van der Waals surface area contributed by atoms with Crippen molar-refractivity contribution >= 4 is 0 Å². The monoisotopic (exact) mass is 210 g/mol. The molecule has 88 valence electrons. The first-order chi connectivity index (χ1) is 7.25. The topological polar surface area (TPSA) is 29.3 Å². The molecule has 0 amide bonds. The zero-order valence-electron chi connectivity index (χ0n) is 10.1. The van der Waals surface area contributed by atoms with E-state index in [2.05, 4.69) is 11.9 Å². The maximum absolute atomic E-state index is 6.27. The van der Waals surface area contributed by atoms with Gasteiger partial charge in [0.15, 0.2) is 0 Å². The number of hydrogen-bond donors (Lipinski definition) is 1. The van der Waals surface area contributed by atoms with Crippen molar-refractivity contribution < 1.29 is 0 Å². The smallest absolute Gasteiger partial charge is 0.0196 e. The van der Waals surface area contributed by atoms with Crippen LogP contribution in [0, 0.1) is 11.8 Å². The number of hydrogen-bond acceptors (Lipinski definition) is 2. The van der Waals surface area contributed by atoms with E-state index in [1.807, 2.05) is 0 Å². The Morgan fingerprint density at radius 1 is 1.13 bits per heavy atom. The van der Waals surface area contributed by atoms with Crippen molar-refractivity contribution in [1.29, 1.82) is 0 Å². The number of nitrogens with zero attached hydrogens (tertiary/aromatic N) is 1. The second-order valence-corrected chi connectivity index (χ2v) is 5.73. The molecule has 0 aliphatic heterocycles. The fourth-order valence-electron chi connectivity index (χ4n) is 3.09. The molecule has 0 saturated heterocycles. The average Bonchev–Trinajstić information content (AvgIpc) is 2.64. The van der Waals surface area contributed by atoms with E-state index < -0.39 is 0 Å². The van der Waals surface area contributed by atoms with E-state index in [9.17, 15) is 0 Å². The SMILES string of the molecule is CN(CC1CCC1)CC(N)C1CCCC1. The van der Waals surface area contributed by atoms with Crippen LogP contribution in [0.5, 0.6) is 0 Å². The molecular weight excluding hydrogens is 184 g/mol. The van der Waals surface area contributed by atoms with Crippen LogP contribution in [0.1, 0.15) is 44.9 Å². The largest absolute Gasteiger partial charge is 0.326 e. The van der Waals surface area contributed by atoms with Gasteiger partial charge in [0, 0.05) is 19.1 Å². The van der Waals surface area contributed by atoms with E-state index >= 15 is 0 Å². The van der Waals surface area contributed by atoms with E-state index in [1.54, 1.807) is 0 Å². The molecule has 2 aliphatic rings. The van der Waals surface area contributed by atoms with Crippen LogP contribution in [0.15, 0.2) is 0 Å². The van der Waals surface area contributed by atoms with Gasteiger partial charge in [0.1, 0.15) is 0 Å². The maximum atomic E-state index is 6.27. The highest BCUT2D eigenvalue weighted by Crippen LogP contribution is 2.29. The Morgan fingerprint density at radius 3 is 2.33 bits per heavy atom. The van der Waals surface area contributed by atoms with Gasteiger partial charge in [0.2, 0.25) is 0 Å². The van der Waals surface area contributed by atoms with Gasteiger partial charge in [-0.2, -0.15) is 0 Å². The summed E-state index contributed by atoms with van der Waals surface area (Å²) in [6, 6.07) is 0.428. The molecule has 0 aromatic rings. The molecule has 0 heterocycles. The lowest BCUT2D eigenvalue weighted by atomic mass is 9.85. The Kier molecular flexibility index (Phi) is 4.04. The summed E-state index contributed by atoms with van der Waals surface area (Å²) in [7, 11) is 2.24. The third-order valence-corrected chi connectivity index (χ3v) is 4.32. The summed E-state index contributed by atoms with van der Waals surface area (Å²) in [4.78, 5) is 2.47. The number of rotatable bonds is 5. The summed E-state index contributed by atoms with van der Waals surface area (Å²) in [6.07, 6.45) is 9.91. The van der Waals surface area contributed by atoms with Gasteiger partial charge in [-0.3, -0.25) is 0 Å². The summed E-state index contributed by atoms with van der Waals surface area (Å²) in [5, 5.41) is 0. The van der Waals surface area contributed by atoms with E-state index in [0.29, 0.717) is 6.04 Å². The Hall–Kier alpha value is -0.0800. The molecule has 0 aromatic carbocycles. The van der Waals surface area contributed by atoms with Crippen LogP contribution in [0.25, 0.3) is 0 Å². The molecule has 0 bridgehead atoms. The fraction of sp³-hybridized carbons (Fsp3) is 1.00. The summed E-state index contributed by atoms with van der Waals surface area (Å²) in [6.45, 7) is 2.39. The van der Waals surface area contributed by atoms with Gasteiger partial charge in [-0.25, -0.2) is 0 Å². The molecule has 1 unspecified atom stereocenters. The number of nitrogens with two attached hydrogens (primary N) is 1. The highest BCUT2D eigenvalue weighted by atomic mass is 15.1. The van der Waals surface area contributed by atoms with Gasteiger partial charge >= 0.3 is 0 Å². The highest BCUT2D eigenvalue weighted by molar-refractivity contribution is 4.81. The molecular formula is C13H26N2. The third kappa shape index (κ3) is 3.18. The molecule has 2 aliphatic carbocycles. The van der Waals surface area contributed by atoms with Crippen molar-refractivity contribution in [2.75, 3.05) is 20.1 Å². The zero-order chi connectivity index (χ0) is 10.7. The predicted octanol–water partition coefficient (Wildman–Crippen LogP) is 2.24. The van der Waals surface area contributed by atoms with Crippen molar-refractivity contribution in [2.45, 2.75) is 51.0 Å². The van der Waals surface area contributed by atoms with Crippen LogP contribution < -0.4 is 5.73 Å². The molecule has 2 rings (SSSR count). The minimum absolute atomic E-state index is 0.428. The number of likely N-dealkylation sites (N-methyl/N-ethyl adjacent to an activating group) is 1. The minimum Gasteiger partial charge on any atom is -0.326 e. The van der Waals surface area contributed by atoms with Gasteiger partial charge < -0.3 is 10.6 Å². The Balaban J connectivity index is 1.65. The maximum Gasteiger partial charge on any atom is 0.0196 e. The summed E-state index contributed by atoms with van der Waals surface area (Å²) < 4.78 is 0. The van der Waals surface area contributed by atoms with Crippen molar-refractivity contribution in [1.82, 2.24) is 4.90 Å². The Labute approximate surface area is 94.2 Å². The van der Waals surface area contributed by atoms with E-state index in [-0.39, 0.29) is 0 Å². The molecule has 0 radical (unpaired) electrons. The lowest BCUT2D eigenvalue weighted by molar-refractivity contribution is 0.186. The lowest BCUT2D eigenvalue weighted by Gasteiger charge is -2.32. The molecule has 2 nitrogen and oxygen atoms in total. The highest BCUT2D eigenvalue weighted by Gasteiger charge is 2.24. The quantitative estimate of drug-likeness (QED) is 0.754. The van der Waals surface area contributed by atoms with Gasteiger partial charge in [-0.05, 0) is 44.6 Å². The molecule has 2 heteroatoms. The van der Waals surface area contributed by atoms with Gasteiger partial charge in [0.05, 0.1) is 0 Å². The van der Waals surface area contributed by atoms with Crippen molar-refractivity contribution in [3.63, 3.8) is 0 Å². The molecule has 0 spiro atoms. The Bertz CT molecular complexity index is 183.